The van der Waals surface area contributed by atoms with E-state index in [1.807, 2.05) is 19.1 Å². The van der Waals surface area contributed by atoms with Crippen LogP contribution in [0.25, 0.3) is 17.1 Å². The highest BCUT2D eigenvalue weighted by Crippen LogP contribution is 2.36. The maximum absolute atomic E-state index is 13.9. The van der Waals surface area contributed by atoms with Crippen LogP contribution in [0, 0.1) is 6.92 Å². The molecule has 0 unspecified atom stereocenters. The number of hydrogen-bond donors (Lipinski definition) is 2. The van der Waals surface area contributed by atoms with Gasteiger partial charge in [-0.05, 0) is 69.7 Å². The number of anilines is 1. The molecule has 4 aromatic rings. The first kappa shape index (κ1) is 29.2. The molecule has 2 atom stereocenters. The van der Waals surface area contributed by atoms with E-state index in [0.717, 1.165) is 11.6 Å². The van der Waals surface area contributed by atoms with Crippen molar-refractivity contribution in [2.45, 2.75) is 52.0 Å². The summed E-state index contributed by atoms with van der Waals surface area (Å²) in [7, 11) is 0. The number of benzene rings is 2. The van der Waals surface area contributed by atoms with Crippen LogP contribution in [0.5, 0.6) is 0 Å². The van der Waals surface area contributed by atoms with Crippen LogP contribution >= 0.6 is 15.9 Å². The number of carbonyl (C=O) groups is 1. The molecule has 0 fully saturated rings. The molecule has 218 valence electrons. The molecule has 5 rings (SSSR count). The molecule has 1 amide bonds. The van der Waals surface area contributed by atoms with Crippen molar-refractivity contribution in [3.05, 3.63) is 98.2 Å². The molecule has 0 spiro atoms. The first-order valence-electron chi connectivity index (χ1n) is 13.1. The molecule has 0 radical (unpaired) electrons. The average Bonchev–Trinajstić information content (AvgIpc) is 3.39. The van der Waals surface area contributed by atoms with E-state index in [1.165, 1.54) is 21.6 Å². The van der Waals surface area contributed by atoms with Gasteiger partial charge in [0.05, 0.1) is 23.5 Å². The molecular weight excluding hydrogens is 615 g/mol. The van der Waals surface area contributed by atoms with Crippen LogP contribution in [-0.2, 0) is 19.1 Å². The fraction of sp³-hybridized carbons (Fsp3) is 0.276. The largest absolute Gasteiger partial charge is 0.417 e. The molecule has 1 aliphatic rings. The van der Waals surface area contributed by atoms with Gasteiger partial charge < -0.3 is 15.2 Å². The number of amides is 1. The van der Waals surface area contributed by atoms with Gasteiger partial charge in [-0.3, -0.25) is 9.59 Å². The van der Waals surface area contributed by atoms with Gasteiger partial charge in [0.15, 0.2) is 5.82 Å². The van der Waals surface area contributed by atoms with E-state index in [0.29, 0.717) is 28.6 Å². The Morgan fingerprint density at radius 1 is 1.21 bits per heavy atom. The number of hydrogen-bond acceptors (Lipinski definition) is 6. The summed E-state index contributed by atoms with van der Waals surface area (Å²) in [4.78, 5) is 36.6. The van der Waals surface area contributed by atoms with Crippen molar-refractivity contribution in [2.75, 3.05) is 5.32 Å². The Hall–Kier alpha value is -4.26. The molecule has 9 nitrogen and oxygen atoms in total. The highest BCUT2D eigenvalue weighted by molar-refractivity contribution is 9.10. The summed E-state index contributed by atoms with van der Waals surface area (Å²) in [5.41, 5.74) is 0.826. The quantitative estimate of drug-likeness (QED) is 0.262. The molecule has 0 saturated heterocycles. The maximum atomic E-state index is 13.9. The van der Waals surface area contributed by atoms with Gasteiger partial charge in [0, 0.05) is 33.2 Å². The van der Waals surface area contributed by atoms with E-state index in [2.05, 4.69) is 43.0 Å². The molecule has 0 bridgehead atoms. The van der Waals surface area contributed by atoms with Crippen LogP contribution in [-0.4, -0.2) is 47.6 Å². The third kappa shape index (κ3) is 5.60. The zero-order valence-electron chi connectivity index (χ0n) is 23.0. The van der Waals surface area contributed by atoms with Crippen LogP contribution in [0.15, 0.2) is 64.4 Å². The molecular formula is C29H27BrF3N7O2. The summed E-state index contributed by atoms with van der Waals surface area (Å²) in [6.45, 7) is 9.17. The van der Waals surface area contributed by atoms with Crippen molar-refractivity contribution in [1.29, 1.82) is 0 Å². The lowest BCUT2D eigenvalue weighted by molar-refractivity contribution is -0.138. The minimum Gasteiger partial charge on any atom is -0.349 e. The Bertz CT molecular complexity index is 1730. The van der Waals surface area contributed by atoms with Crippen molar-refractivity contribution in [3.63, 3.8) is 0 Å². The fourth-order valence-corrected chi connectivity index (χ4v) is 5.29. The Morgan fingerprint density at radius 3 is 2.55 bits per heavy atom. The molecule has 2 aromatic heterocycles. The topological polar surface area (TPSA) is 109 Å². The van der Waals surface area contributed by atoms with Crippen molar-refractivity contribution in [2.24, 2.45) is 0 Å². The lowest BCUT2D eigenvalue weighted by Gasteiger charge is -2.35. The minimum atomic E-state index is -4.63. The number of aromatic nitrogens is 5. The third-order valence-electron chi connectivity index (χ3n) is 7.10. The number of alkyl halides is 3. The fourth-order valence-electron chi connectivity index (χ4n) is 4.82. The number of fused-ring (bicyclic) bond motifs is 1. The highest BCUT2D eigenvalue weighted by Gasteiger charge is 2.36. The minimum absolute atomic E-state index is 0.0379. The number of aryl methyl sites for hydroxylation is 1. The Labute approximate surface area is 247 Å². The second-order valence-corrected chi connectivity index (χ2v) is 11.0. The predicted octanol–water partition coefficient (Wildman–Crippen LogP) is 5.68. The summed E-state index contributed by atoms with van der Waals surface area (Å²) in [6, 6.07) is 9.87. The van der Waals surface area contributed by atoms with Gasteiger partial charge in [-0.1, -0.05) is 22.0 Å². The van der Waals surface area contributed by atoms with Crippen molar-refractivity contribution in [1.82, 2.24) is 29.6 Å². The molecule has 0 saturated carbocycles. The van der Waals surface area contributed by atoms with Crippen molar-refractivity contribution >= 4 is 27.8 Å². The van der Waals surface area contributed by atoms with Gasteiger partial charge in [-0.15, -0.1) is 16.8 Å². The first-order chi connectivity index (χ1) is 19.9. The summed E-state index contributed by atoms with van der Waals surface area (Å²) in [6.07, 6.45) is -2.78. The van der Waals surface area contributed by atoms with Crippen LogP contribution < -0.4 is 10.9 Å². The number of nitrogens with one attached hydrogen (secondary N) is 2. The number of nitrogens with zero attached hydrogens (tertiary/aromatic N) is 5. The molecule has 2 N–H and O–H groups in total. The normalized spacial score (nSPS) is 15.7. The van der Waals surface area contributed by atoms with Crippen molar-refractivity contribution in [3.8, 4) is 17.1 Å². The molecule has 2 aromatic carbocycles. The molecule has 13 heteroatoms. The van der Waals surface area contributed by atoms with E-state index < -0.39 is 23.7 Å². The van der Waals surface area contributed by atoms with Gasteiger partial charge in [0.2, 0.25) is 5.95 Å². The zero-order chi connectivity index (χ0) is 30.3. The van der Waals surface area contributed by atoms with Gasteiger partial charge in [-0.25, -0.2) is 9.55 Å². The Balaban J connectivity index is 1.53. The third-order valence-corrected chi connectivity index (χ3v) is 7.79. The van der Waals surface area contributed by atoms with Gasteiger partial charge >= 0.3 is 6.18 Å². The smallest absolute Gasteiger partial charge is 0.349 e. The van der Waals surface area contributed by atoms with E-state index in [9.17, 15) is 22.8 Å². The van der Waals surface area contributed by atoms with Crippen LogP contribution in [0.1, 0.15) is 46.9 Å². The Morgan fingerprint density at radius 2 is 1.93 bits per heavy atom. The number of halogens is 4. The average molecular weight is 642 g/mol. The number of H-pyrrole nitrogens is 1. The SMILES string of the molecule is C=C[C@H](C)Nc1nc2c(c(=O)n1-c1ccc(-c3nnc(C)[nH]3)cc1)C[C@@H](C)N(C(=O)c1ccc(Br)c(C(F)(F)F)c1)C2. The summed E-state index contributed by atoms with van der Waals surface area (Å²) < 4.78 is 41.8. The number of carbonyl (C=O) groups excluding carboxylic acids is 1. The number of aromatic amines is 1. The second-order valence-electron chi connectivity index (χ2n) is 10.2. The molecule has 42 heavy (non-hydrogen) atoms. The van der Waals surface area contributed by atoms with E-state index in [1.54, 1.807) is 32.1 Å². The van der Waals surface area contributed by atoms with E-state index >= 15 is 0 Å². The molecule has 3 heterocycles. The summed E-state index contributed by atoms with van der Waals surface area (Å²) >= 11 is 2.92. The second kappa shape index (κ2) is 11.2. The summed E-state index contributed by atoms with van der Waals surface area (Å²) in [5, 5.41) is 11.3. The Kier molecular flexibility index (Phi) is 7.80. The van der Waals surface area contributed by atoms with Crippen LogP contribution in [0.4, 0.5) is 19.1 Å². The van der Waals surface area contributed by atoms with Crippen molar-refractivity contribution < 1.29 is 18.0 Å². The lowest BCUT2D eigenvalue weighted by Crippen LogP contribution is -2.46. The standard InChI is InChI=1S/C29H27BrF3N7O2/c1-5-15(2)34-28-36-24-14-39(26(41)19-8-11-23(30)22(13-19)29(31,32)33)16(3)12-21(24)27(42)40(28)20-9-6-18(7-10-20)25-35-17(4)37-38-25/h5-11,13,15-16H,1,12,14H2,2-4H3,(H,34,36)(H,35,37,38)/t15-,16+/m0/s1. The van der Waals surface area contributed by atoms with E-state index in [-0.39, 0.29) is 40.6 Å². The summed E-state index contributed by atoms with van der Waals surface area (Å²) in [5.74, 6) is 0.945. The lowest BCUT2D eigenvalue weighted by atomic mass is 9.98. The van der Waals surface area contributed by atoms with Gasteiger partial charge in [-0.2, -0.15) is 13.2 Å². The molecule has 0 aliphatic carbocycles. The number of rotatable bonds is 6. The van der Waals surface area contributed by atoms with Gasteiger partial charge in [0.1, 0.15) is 5.82 Å². The maximum Gasteiger partial charge on any atom is 0.417 e. The highest BCUT2D eigenvalue weighted by atomic mass is 79.9. The first-order valence-corrected chi connectivity index (χ1v) is 13.9. The monoisotopic (exact) mass is 641 g/mol. The predicted molar refractivity (Wildman–Crippen MR) is 155 cm³/mol. The van der Waals surface area contributed by atoms with Gasteiger partial charge in [0.25, 0.3) is 11.5 Å². The zero-order valence-corrected chi connectivity index (χ0v) is 24.5. The van der Waals surface area contributed by atoms with E-state index in [4.69, 9.17) is 4.98 Å². The van der Waals surface area contributed by atoms with Crippen LogP contribution in [0.2, 0.25) is 0 Å². The van der Waals surface area contributed by atoms with Crippen LogP contribution in [0.3, 0.4) is 0 Å². The molecule has 1 aliphatic heterocycles.